The van der Waals surface area contributed by atoms with Crippen LogP contribution in [0.2, 0.25) is 0 Å². The van der Waals surface area contributed by atoms with Crippen molar-refractivity contribution >= 4 is 34.4 Å². The lowest BCUT2D eigenvalue weighted by molar-refractivity contribution is -0.113. The smallest absolute Gasteiger partial charge is 0.324 e. The molecule has 0 bridgehead atoms. The highest BCUT2D eigenvalue weighted by Gasteiger charge is 2.24. The van der Waals surface area contributed by atoms with Crippen LogP contribution in [-0.4, -0.2) is 30.8 Å². The van der Waals surface area contributed by atoms with Crippen LogP contribution in [0.15, 0.2) is 38.9 Å². The topological polar surface area (TPSA) is 123 Å². The predicted molar refractivity (Wildman–Crippen MR) is 119 cm³/mol. The van der Waals surface area contributed by atoms with Crippen molar-refractivity contribution in [1.82, 2.24) is 19.1 Å². The SMILES string of the molecule is Cn1c(=O)c2c(SCC(=O)Nc3ccccc3C#N)nc(C(C)(C)C)nc2n(C)c1=O. The number of carbonyl (C=O) groups excluding carboxylic acids is 1. The Balaban J connectivity index is 2.03. The van der Waals surface area contributed by atoms with Crippen molar-refractivity contribution in [2.75, 3.05) is 11.1 Å². The lowest BCUT2D eigenvalue weighted by Crippen LogP contribution is -2.38. The molecule has 10 heteroatoms. The number of hydrogen-bond acceptors (Lipinski definition) is 7. The van der Waals surface area contributed by atoms with Crippen molar-refractivity contribution in [2.24, 2.45) is 14.1 Å². The van der Waals surface area contributed by atoms with E-state index >= 15 is 0 Å². The van der Waals surface area contributed by atoms with Crippen LogP contribution in [-0.2, 0) is 24.3 Å². The number of nitrogens with zero attached hydrogens (tertiary/aromatic N) is 5. The van der Waals surface area contributed by atoms with Gasteiger partial charge in [-0.2, -0.15) is 5.26 Å². The standard InChI is InChI=1S/C21H22N6O3S/c1-21(2,3)19-24-16-15(18(29)27(5)20(30)26(16)4)17(25-19)31-11-14(28)23-13-9-7-6-8-12(13)10-22/h6-9H,11H2,1-5H3,(H,23,28). The van der Waals surface area contributed by atoms with Crippen LogP contribution < -0.4 is 16.6 Å². The molecule has 0 unspecified atom stereocenters. The van der Waals surface area contributed by atoms with Gasteiger partial charge in [-0.25, -0.2) is 14.8 Å². The molecule has 0 saturated heterocycles. The van der Waals surface area contributed by atoms with E-state index < -0.39 is 16.7 Å². The minimum Gasteiger partial charge on any atom is -0.324 e. The number of aryl methyl sites for hydroxylation is 1. The maximum Gasteiger partial charge on any atom is 0.332 e. The molecule has 0 aliphatic carbocycles. The number of aromatic nitrogens is 4. The normalized spacial score (nSPS) is 11.4. The quantitative estimate of drug-likeness (QED) is 0.488. The van der Waals surface area contributed by atoms with Crippen LogP contribution in [0.1, 0.15) is 32.2 Å². The van der Waals surface area contributed by atoms with E-state index in [0.29, 0.717) is 22.1 Å². The minimum atomic E-state index is -0.517. The molecule has 2 heterocycles. The third kappa shape index (κ3) is 4.36. The summed E-state index contributed by atoms with van der Waals surface area (Å²) < 4.78 is 2.30. The fraction of sp³-hybridized carbons (Fsp3) is 0.333. The van der Waals surface area contributed by atoms with Crippen LogP contribution in [0, 0.1) is 11.3 Å². The zero-order chi connectivity index (χ0) is 22.9. The number of anilines is 1. The van der Waals surface area contributed by atoms with Gasteiger partial charge in [-0.15, -0.1) is 0 Å². The molecular weight excluding hydrogens is 416 g/mol. The highest BCUT2D eigenvalue weighted by molar-refractivity contribution is 8.00. The zero-order valence-electron chi connectivity index (χ0n) is 17.9. The Morgan fingerprint density at radius 1 is 1.16 bits per heavy atom. The molecule has 3 aromatic rings. The summed E-state index contributed by atoms with van der Waals surface area (Å²) in [6.07, 6.45) is 0. The summed E-state index contributed by atoms with van der Waals surface area (Å²) in [5, 5.41) is 12.4. The van der Waals surface area contributed by atoms with Gasteiger partial charge in [0.1, 0.15) is 22.3 Å². The molecule has 31 heavy (non-hydrogen) atoms. The van der Waals surface area contributed by atoms with Gasteiger partial charge < -0.3 is 5.32 Å². The Morgan fingerprint density at radius 2 is 1.84 bits per heavy atom. The second-order valence-electron chi connectivity index (χ2n) is 8.00. The molecule has 2 aromatic heterocycles. The van der Waals surface area contributed by atoms with Crippen LogP contribution in [0.25, 0.3) is 11.0 Å². The van der Waals surface area contributed by atoms with Crippen molar-refractivity contribution in [2.45, 2.75) is 31.2 Å². The Kier molecular flexibility index (Phi) is 5.99. The van der Waals surface area contributed by atoms with Crippen LogP contribution in [0.4, 0.5) is 5.69 Å². The molecule has 3 rings (SSSR count). The van der Waals surface area contributed by atoms with Gasteiger partial charge in [0.15, 0.2) is 5.65 Å². The van der Waals surface area contributed by atoms with Crippen molar-refractivity contribution in [3.8, 4) is 6.07 Å². The predicted octanol–water partition coefficient (Wildman–Crippen LogP) is 1.93. The first-order chi connectivity index (χ1) is 14.5. The number of hydrogen-bond donors (Lipinski definition) is 1. The first kappa shape index (κ1) is 22.2. The molecule has 0 saturated carbocycles. The van der Waals surface area contributed by atoms with Crippen molar-refractivity contribution < 1.29 is 4.79 Å². The lowest BCUT2D eigenvalue weighted by Gasteiger charge is -2.19. The summed E-state index contributed by atoms with van der Waals surface area (Å²) in [5.74, 6) is 0.0703. The Bertz CT molecular complexity index is 1340. The molecule has 0 atom stereocenters. The van der Waals surface area contributed by atoms with Gasteiger partial charge in [0, 0.05) is 19.5 Å². The van der Waals surface area contributed by atoms with Crippen LogP contribution in [0.3, 0.4) is 0 Å². The number of nitriles is 1. The summed E-state index contributed by atoms with van der Waals surface area (Å²) in [6, 6.07) is 8.72. The second-order valence-corrected chi connectivity index (χ2v) is 8.97. The van der Waals surface area contributed by atoms with Gasteiger partial charge >= 0.3 is 5.69 Å². The number of thioether (sulfide) groups is 1. The molecule has 160 valence electrons. The fourth-order valence-electron chi connectivity index (χ4n) is 2.88. The third-order valence-corrected chi connectivity index (χ3v) is 5.57. The first-order valence-corrected chi connectivity index (χ1v) is 10.4. The summed E-state index contributed by atoms with van der Waals surface area (Å²) in [6.45, 7) is 5.77. The van der Waals surface area contributed by atoms with Crippen molar-refractivity contribution in [3.63, 3.8) is 0 Å². The van der Waals surface area contributed by atoms with E-state index in [-0.39, 0.29) is 22.7 Å². The molecule has 1 amide bonds. The number of carbonyl (C=O) groups is 1. The molecule has 1 aromatic carbocycles. The van der Waals surface area contributed by atoms with E-state index in [0.717, 1.165) is 16.3 Å². The van der Waals surface area contributed by atoms with E-state index in [1.54, 1.807) is 31.3 Å². The number of fused-ring (bicyclic) bond motifs is 1. The van der Waals surface area contributed by atoms with E-state index in [1.807, 2.05) is 26.8 Å². The van der Waals surface area contributed by atoms with E-state index in [4.69, 9.17) is 0 Å². The molecule has 0 radical (unpaired) electrons. The summed E-state index contributed by atoms with van der Waals surface area (Å²) in [4.78, 5) is 46.7. The average molecular weight is 439 g/mol. The second kappa shape index (κ2) is 8.35. The van der Waals surface area contributed by atoms with E-state index in [9.17, 15) is 19.6 Å². The number of nitrogens with one attached hydrogen (secondary N) is 1. The monoisotopic (exact) mass is 438 g/mol. The third-order valence-electron chi connectivity index (χ3n) is 4.60. The highest BCUT2D eigenvalue weighted by Crippen LogP contribution is 2.27. The zero-order valence-corrected chi connectivity index (χ0v) is 18.7. The van der Waals surface area contributed by atoms with Gasteiger partial charge in [0.25, 0.3) is 5.56 Å². The van der Waals surface area contributed by atoms with Gasteiger partial charge in [0.2, 0.25) is 5.91 Å². The van der Waals surface area contributed by atoms with Crippen LogP contribution in [0.5, 0.6) is 0 Å². The van der Waals surface area contributed by atoms with Gasteiger partial charge in [-0.3, -0.25) is 18.7 Å². The molecule has 0 aliphatic heterocycles. The molecule has 9 nitrogen and oxygen atoms in total. The highest BCUT2D eigenvalue weighted by atomic mass is 32.2. The van der Waals surface area contributed by atoms with E-state index in [2.05, 4.69) is 15.3 Å². The number of para-hydroxylation sites is 1. The number of benzene rings is 1. The maximum atomic E-state index is 12.8. The molecule has 0 aliphatic rings. The molecular formula is C21H22N6O3S. The fourth-order valence-corrected chi connectivity index (χ4v) is 3.69. The summed E-state index contributed by atoms with van der Waals surface area (Å²) in [5.41, 5.74) is -0.446. The van der Waals surface area contributed by atoms with Gasteiger partial charge in [0.05, 0.1) is 17.0 Å². The van der Waals surface area contributed by atoms with Crippen LogP contribution >= 0.6 is 11.8 Å². The molecule has 0 spiro atoms. The van der Waals surface area contributed by atoms with Crippen molar-refractivity contribution in [1.29, 1.82) is 5.26 Å². The lowest BCUT2D eigenvalue weighted by atomic mass is 9.96. The van der Waals surface area contributed by atoms with Gasteiger partial charge in [-0.1, -0.05) is 44.7 Å². The Labute approximate surface area is 182 Å². The van der Waals surface area contributed by atoms with Gasteiger partial charge in [-0.05, 0) is 12.1 Å². The average Bonchev–Trinajstić information content (AvgIpc) is 2.73. The summed E-state index contributed by atoms with van der Waals surface area (Å²) in [7, 11) is 2.94. The Morgan fingerprint density at radius 3 is 2.48 bits per heavy atom. The number of amides is 1. The number of rotatable bonds is 4. The Hall–Kier alpha value is -3.45. The molecule has 1 N–H and O–H groups in total. The molecule has 0 fully saturated rings. The maximum absolute atomic E-state index is 12.8. The van der Waals surface area contributed by atoms with E-state index in [1.165, 1.54) is 11.6 Å². The largest absolute Gasteiger partial charge is 0.332 e. The first-order valence-electron chi connectivity index (χ1n) is 9.44. The van der Waals surface area contributed by atoms with Crippen molar-refractivity contribution in [3.05, 3.63) is 56.5 Å². The minimum absolute atomic E-state index is 0.0402. The summed E-state index contributed by atoms with van der Waals surface area (Å²) >= 11 is 1.08.